The first-order chi connectivity index (χ1) is 15.1. The molecule has 0 spiro atoms. The SMILES string of the molecule is COCCCOc1cc(CCc2ccc(OC)cc2)cc(C(=O)Nc2ccn(C)n2)c1. The summed E-state index contributed by atoms with van der Waals surface area (Å²) in [6, 6.07) is 15.4. The number of nitrogens with one attached hydrogen (secondary N) is 1. The molecule has 0 unspecified atom stereocenters. The van der Waals surface area contributed by atoms with Crippen LogP contribution in [0.3, 0.4) is 0 Å². The van der Waals surface area contributed by atoms with Crippen LogP contribution in [0.25, 0.3) is 0 Å². The van der Waals surface area contributed by atoms with E-state index in [0.29, 0.717) is 30.3 Å². The number of anilines is 1. The van der Waals surface area contributed by atoms with Gasteiger partial charge in [0.15, 0.2) is 5.82 Å². The average Bonchev–Trinajstić information content (AvgIpc) is 3.20. The molecule has 7 heteroatoms. The van der Waals surface area contributed by atoms with Gasteiger partial charge in [0.05, 0.1) is 13.7 Å². The van der Waals surface area contributed by atoms with E-state index >= 15 is 0 Å². The second-order valence-corrected chi connectivity index (χ2v) is 7.24. The smallest absolute Gasteiger partial charge is 0.257 e. The lowest BCUT2D eigenvalue weighted by Crippen LogP contribution is -2.13. The fraction of sp³-hybridized carbons (Fsp3) is 0.333. The summed E-state index contributed by atoms with van der Waals surface area (Å²) in [5, 5.41) is 7.05. The lowest BCUT2D eigenvalue weighted by molar-refractivity contribution is 0.102. The first-order valence-corrected chi connectivity index (χ1v) is 10.3. The molecular formula is C24H29N3O4. The summed E-state index contributed by atoms with van der Waals surface area (Å²) in [5.41, 5.74) is 2.78. The molecule has 1 heterocycles. The maximum absolute atomic E-state index is 12.8. The van der Waals surface area contributed by atoms with Crippen LogP contribution in [0.4, 0.5) is 5.82 Å². The monoisotopic (exact) mass is 423 g/mol. The van der Waals surface area contributed by atoms with E-state index in [1.54, 1.807) is 44.3 Å². The summed E-state index contributed by atoms with van der Waals surface area (Å²) in [4.78, 5) is 12.8. The molecule has 164 valence electrons. The van der Waals surface area contributed by atoms with Crippen LogP contribution in [0.1, 0.15) is 27.9 Å². The van der Waals surface area contributed by atoms with Gasteiger partial charge in [0, 0.05) is 45.0 Å². The number of benzene rings is 2. The van der Waals surface area contributed by atoms with Crippen LogP contribution in [0, 0.1) is 0 Å². The first kappa shape index (κ1) is 22.4. The Labute approximate surface area is 182 Å². The zero-order valence-electron chi connectivity index (χ0n) is 18.3. The van der Waals surface area contributed by atoms with Crippen molar-refractivity contribution in [2.75, 3.05) is 32.8 Å². The van der Waals surface area contributed by atoms with E-state index in [-0.39, 0.29) is 5.91 Å². The van der Waals surface area contributed by atoms with E-state index in [0.717, 1.165) is 30.6 Å². The molecule has 1 aromatic heterocycles. The van der Waals surface area contributed by atoms with E-state index in [9.17, 15) is 4.79 Å². The molecule has 1 N–H and O–H groups in total. The molecule has 0 radical (unpaired) electrons. The molecule has 3 aromatic rings. The van der Waals surface area contributed by atoms with Gasteiger partial charge in [0.1, 0.15) is 11.5 Å². The van der Waals surface area contributed by atoms with Gasteiger partial charge >= 0.3 is 0 Å². The highest BCUT2D eigenvalue weighted by atomic mass is 16.5. The van der Waals surface area contributed by atoms with Crippen molar-refractivity contribution >= 4 is 11.7 Å². The number of carbonyl (C=O) groups is 1. The molecule has 0 aliphatic carbocycles. The highest BCUT2D eigenvalue weighted by molar-refractivity contribution is 6.04. The Morgan fingerprint density at radius 1 is 0.968 bits per heavy atom. The molecule has 7 nitrogen and oxygen atoms in total. The molecule has 0 aliphatic heterocycles. The molecule has 0 fully saturated rings. The zero-order chi connectivity index (χ0) is 22.1. The number of aromatic nitrogens is 2. The Kier molecular flexibility index (Phi) is 8.06. The van der Waals surface area contributed by atoms with Crippen LogP contribution >= 0.6 is 0 Å². The van der Waals surface area contributed by atoms with E-state index in [4.69, 9.17) is 14.2 Å². The standard InChI is InChI=1S/C24H29N3O4/c1-27-12-11-23(26-27)25-24(28)20-15-19(16-22(17-20)31-14-4-13-29-2)6-5-18-7-9-21(30-3)10-8-18/h7-12,15-17H,4-6,13-14H2,1-3H3,(H,25,26,28). The summed E-state index contributed by atoms with van der Waals surface area (Å²) in [6.07, 6.45) is 4.19. The lowest BCUT2D eigenvalue weighted by Gasteiger charge is -2.12. The zero-order valence-corrected chi connectivity index (χ0v) is 18.3. The number of hydrogen-bond acceptors (Lipinski definition) is 5. The molecular weight excluding hydrogens is 394 g/mol. The van der Waals surface area contributed by atoms with Gasteiger partial charge in [-0.1, -0.05) is 12.1 Å². The summed E-state index contributed by atoms with van der Waals surface area (Å²) in [5.74, 6) is 1.81. The van der Waals surface area contributed by atoms with Crippen molar-refractivity contribution in [1.82, 2.24) is 9.78 Å². The predicted molar refractivity (Wildman–Crippen MR) is 120 cm³/mol. The van der Waals surface area contributed by atoms with Gasteiger partial charge in [-0.3, -0.25) is 9.48 Å². The number of carbonyl (C=O) groups excluding carboxylic acids is 1. The predicted octanol–water partition coefficient (Wildman–Crippen LogP) is 3.88. The Bertz CT molecular complexity index is 983. The summed E-state index contributed by atoms with van der Waals surface area (Å²) < 4.78 is 17.8. The fourth-order valence-electron chi connectivity index (χ4n) is 3.16. The number of rotatable bonds is 11. The highest BCUT2D eigenvalue weighted by Crippen LogP contribution is 2.21. The van der Waals surface area contributed by atoms with Crippen LogP contribution in [-0.4, -0.2) is 43.1 Å². The van der Waals surface area contributed by atoms with Gasteiger partial charge in [0.2, 0.25) is 0 Å². The maximum Gasteiger partial charge on any atom is 0.257 e. The fourth-order valence-corrected chi connectivity index (χ4v) is 3.16. The van der Waals surface area contributed by atoms with Crippen molar-refractivity contribution < 1.29 is 19.0 Å². The Hall–Kier alpha value is -3.32. The Balaban J connectivity index is 1.73. The van der Waals surface area contributed by atoms with Gasteiger partial charge in [-0.15, -0.1) is 0 Å². The van der Waals surface area contributed by atoms with Gasteiger partial charge < -0.3 is 19.5 Å². The van der Waals surface area contributed by atoms with Crippen molar-refractivity contribution in [3.63, 3.8) is 0 Å². The third-order valence-electron chi connectivity index (χ3n) is 4.81. The van der Waals surface area contributed by atoms with Gasteiger partial charge in [-0.05, 0) is 54.3 Å². The van der Waals surface area contributed by atoms with Crippen molar-refractivity contribution in [3.05, 3.63) is 71.4 Å². The largest absolute Gasteiger partial charge is 0.497 e. The van der Waals surface area contributed by atoms with E-state index in [1.807, 2.05) is 24.3 Å². The van der Waals surface area contributed by atoms with E-state index in [2.05, 4.69) is 22.5 Å². The molecule has 2 aromatic carbocycles. The first-order valence-electron chi connectivity index (χ1n) is 10.3. The number of amides is 1. The molecule has 0 saturated carbocycles. The summed E-state index contributed by atoms with van der Waals surface area (Å²) in [7, 11) is 5.13. The Morgan fingerprint density at radius 3 is 2.42 bits per heavy atom. The third-order valence-corrected chi connectivity index (χ3v) is 4.81. The van der Waals surface area contributed by atoms with Crippen molar-refractivity contribution in [3.8, 4) is 11.5 Å². The number of nitrogens with zero attached hydrogens (tertiary/aromatic N) is 2. The Morgan fingerprint density at radius 2 is 1.74 bits per heavy atom. The molecule has 31 heavy (non-hydrogen) atoms. The van der Waals surface area contributed by atoms with Crippen LogP contribution in [0.5, 0.6) is 11.5 Å². The molecule has 0 bridgehead atoms. The second-order valence-electron chi connectivity index (χ2n) is 7.24. The van der Waals surface area contributed by atoms with Crippen LogP contribution in [-0.2, 0) is 24.6 Å². The summed E-state index contributed by atoms with van der Waals surface area (Å²) in [6.45, 7) is 1.15. The maximum atomic E-state index is 12.8. The van der Waals surface area contributed by atoms with Gasteiger partial charge in [-0.25, -0.2) is 0 Å². The van der Waals surface area contributed by atoms with E-state index < -0.39 is 0 Å². The average molecular weight is 424 g/mol. The van der Waals surface area contributed by atoms with Crippen LogP contribution in [0.2, 0.25) is 0 Å². The summed E-state index contributed by atoms with van der Waals surface area (Å²) >= 11 is 0. The minimum Gasteiger partial charge on any atom is -0.497 e. The molecule has 0 aliphatic rings. The van der Waals surface area contributed by atoms with E-state index in [1.165, 1.54) is 5.56 Å². The van der Waals surface area contributed by atoms with Crippen molar-refractivity contribution in [2.24, 2.45) is 7.05 Å². The number of hydrogen-bond donors (Lipinski definition) is 1. The van der Waals surface area contributed by atoms with Crippen molar-refractivity contribution in [1.29, 1.82) is 0 Å². The topological polar surface area (TPSA) is 74.6 Å². The van der Waals surface area contributed by atoms with Gasteiger partial charge in [-0.2, -0.15) is 5.10 Å². The quantitative estimate of drug-likeness (QED) is 0.474. The van der Waals surface area contributed by atoms with Gasteiger partial charge in [0.25, 0.3) is 5.91 Å². The molecule has 3 rings (SSSR count). The minimum atomic E-state index is -0.216. The van der Waals surface area contributed by atoms with Crippen molar-refractivity contribution in [2.45, 2.75) is 19.3 Å². The second kappa shape index (κ2) is 11.2. The normalized spacial score (nSPS) is 10.7. The molecule has 0 saturated heterocycles. The molecule has 1 amide bonds. The number of aryl methyl sites for hydroxylation is 3. The molecule has 0 atom stereocenters. The minimum absolute atomic E-state index is 0.216. The number of ether oxygens (including phenoxy) is 3. The highest BCUT2D eigenvalue weighted by Gasteiger charge is 2.12. The van der Waals surface area contributed by atoms with Crippen LogP contribution < -0.4 is 14.8 Å². The number of methoxy groups -OCH3 is 2. The third kappa shape index (κ3) is 6.86. The van der Waals surface area contributed by atoms with Crippen LogP contribution in [0.15, 0.2) is 54.7 Å². The lowest BCUT2D eigenvalue weighted by atomic mass is 10.0.